The highest BCUT2D eigenvalue weighted by atomic mass is 32.1. The lowest BCUT2D eigenvalue weighted by molar-refractivity contribution is 1.30. The summed E-state index contributed by atoms with van der Waals surface area (Å²) in [4.78, 5) is 2.41. The lowest BCUT2D eigenvalue weighted by atomic mass is 9.91. The van der Waals surface area contributed by atoms with Crippen LogP contribution in [-0.2, 0) is 0 Å². The molecule has 0 saturated heterocycles. The molecule has 0 amide bonds. The quantitative estimate of drug-likeness (QED) is 0.148. The molecule has 0 unspecified atom stereocenters. The van der Waals surface area contributed by atoms with Crippen LogP contribution in [0.3, 0.4) is 0 Å². The van der Waals surface area contributed by atoms with E-state index in [0.717, 1.165) is 11.4 Å². The normalized spacial score (nSPS) is 11.3. The average Bonchev–Trinajstić information content (AvgIpc) is 3.72. The first-order chi connectivity index (χ1) is 29.7. The Kier molecular flexibility index (Phi) is 9.11. The topological polar surface area (TPSA) is 3.24 Å². The predicted octanol–water partition coefficient (Wildman–Crippen LogP) is 17.0. The van der Waals surface area contributed by atoms with Crippen molar-refractivity contribution in [2.45, 2.75) is 0 Å². The van der Waals surface area contributed by atoms with E-state index in [0.29, 0.717) is 0 Å². The van der Waals surface area contributed by atoms with E-state index in [4.69, 9.17) is 0 Å². The van der Waals surface area contributed by atoms with Crippen molar-refractivity contribution in [3.8, 4) is 55.6 Å². The van der Waals surface area contributed by atoms with Gasteiger partial charge in [-0.3, -0.25) is 0 Å². The maximum atomic E-state index is 2.43. The molecule has 2 heteroatoms. The lowest BCUT2D eigenvalue weighted by Gasteiger charge is -2.26. The maximum Gasteiger partial charge on any atom is 0.0640 e. The van der Waals surface area contributed by atoms with Crippen molar-refractivity contribution in [2.75, 3.05) is 4.90 Å². The fraction of sp³-hybridized carbons (Fsp3) is 0. The number of nitrogens with zero attached hydrogens (tertiary/aromatic N) is 1. The van der Waals surface area contributed by atoms with E-state index < -0.39 is 0 Å². The molecule has 1 nitrogen and oxygen atoms in total. The van der Waals surface area contributed by atoms with Gasteiger partial charge in [0.2, 0.25) is 0 Å². The second-order valence-electron chi connectivity index (χ2n) is 15.3. The van der Waals surface area contributed by atoms with Gasteiger partial charge in [-0.25, -0.2) is 0 Å². The molecule has 0 bridgehead atoms. The van der Waals surface area contributed by atoms with Crippen LogP contribution < -0.4 is 4.90 Å². The van der Waals surface area contributed by atoms with Gasteiger partial charge >= 0.3 is 0 Å². The molecule has 60 heavy (non-hydrogen) atoms. The Labute approximate surface area is 354 Å². The molecular weight excluding hydrogens is 743 g/mol. The van der Waals surface area contributed by atoms with Gasteiger partial charge < -0.3 is 4.90 Å². The second kappa shape index (κ2) is 15.3. The number of hydrogen-bond donors (Lipinski definition) is 0. The molecule has 1 aromatic heterocycles. The molecule has 0 aliphatic carbocycles. The highest BCUT2D eigenvalue weighted by Crippen LogP contribution is 2.48. The van der Waals surface area contributed by atoms with Gasteiger partial charge in [0.15, 0.2) is 0 Å². The van der Waals surface area contributed by atoms with Gasteiger partial charge in [-0.2, -0.15) is 0 Å². The van der Waals surface area contributed by atoms with Gasteiger partial charge in [0.05, 0.1) is 10.4 Å². The highest BCUT2D eigenvalue weighted by molar-refractivity contribution is 7.27. The minimum Gasteiger partial charge on any atom is -0.309 e. The highest BCUT2D eigenvalue weighted by Gasteiger charge is 2.20. The second-order valence-corrected chi connectivity index (χ2v) is 16.3. The van der Waals surface area contributed by atoms with Crippen LogP contribution in [0.5, 0.6) is 0 Å². The largest absolute Gasteiger partial charge is 0.309 e. The first-order valence-electron chi connectivity index (χ1n) is 20.5. The molecule has 11 aromatic rings. The zero-order valence-electron chi connectivity index (χ0n) is 32.9. The summed E-state index contributed by atoms with van der Waals surface area (Å²) in [6.45, 7) is 0. The third kappa shape index (κ3) is 6.54. The van der Waals surface area contributed by atoms with Crippen molar-refractivity contribution < 1.29 is 0 Å². The number of anilines is 3. The Bertz CT molecular complexity index is 3200. The summed E-state index contributed by atoms with van der Waals surface area (Å²) in [5.41, 5.74) is 15.6. The number of para-hydroxylation sites is 1. The van der Waals surface area contributed by atoms with Gasteiger partial charge in [0, 0.05) is 32.2 Å². The van der Waals surface area contributed by atoms with E-state index in [1.807, 2.05) is 11.3 Å². The van der Waals surface area contributed by atoms with Gasteiger partial charge in [-0.15, -0.1) is 11.3 Å². The van der Waals surface area contributed by atoms with E-state index in [2.05, 4.69) is 241 Å². The van der Waals surface area contributed by atoms with Crippen molar-refractivity contribution >= 4 is 59.3 Å². The monoisotopic (exact) mass is 781 g/mol. The minimum absolute atomic E-state index is 1.13. The Balaban J connectivity index is 1.03. The Morgan fingerprint density at radius 3 is 1.23 bits per heavy atom. The summed E-state index contributed by atoms with van der Waals surface area (Å²) in [6.07, 6.45) is 0. The van der Waals surface area contributed by atoms with Crippen LogP contribution in [-0.4, -0.2) is 0 Å². The smallest absolute Gasteiger partial charge is 0.0640 e. The van der Waals surface area contributed by atoms with Crippen LogP contribution in [0.2, 0.25) is 0 Å². The van der Waals surface area contributed by atoms with Gasteiger partial charge in [-0.1, -0.05) is 182 Å². The number of thiophene rings is 1. The third-order valence-electron chi connectivity index (χ3n) is 11.6. The van der Waals surface area contributed by atoms with Gasteiger partial charge in [0.25, 0.3) is 0 Å². The van der Waals surface area contributed by atoms with Crippen molar-refractivity contribution in [1.29, 1.82) is 0 Å². The molecule has 0 radical (unpaired) electrons. The van der Waals surface area contributed by atoms with E-state index in [1.54, 1.807) is 0 Å². The van der Waals surface area contributed by atoms with Gasteiger partial charge in [-0.05, 0) is 116 Å². The standard InChI is InChI=1S/C58H39NS/c1-5-16-40(17-6-1)43-32-34-50(35-33-43)59(49-22-11-4-12-23-49)56-27-15-26-53-55-39-54(51-24-13-14-25-52(51)57(55)60-58(53)56)45-30-28-44(29-31-45)48-37-46(41-18-7-2-8-19-41)36-47(38-48)42-20-9-3-10-21-42/h1-39H. The van der Waals surface area contributed by atoms with Crippen LogP contribution in [0.25, 0.3) is 86.6 Å². The van der Waals surface area contributed by atoms with Crippen molar-refractivity contribution in [2.24, 2.45) is 0 Å². The zero-order valence-corrected chi connectivity index (χ0v) is 33.7. The van der Waals surface area contributed by atoms with Gasteiger partial charge in [0.1, 0.15) is 0 Å². The molecule has 0 fully saturated rings. The molecule has 0 saturated carbocycles. The van der Waals surface area contributed by atoms with E-state index in [9.17, 15) is 0 Å². The Hall–Kier alpha value is -7.52. The van der Waals surface area contributed by atoms with Crippen molar-refractivity contribution in [1.82, 2.24) is 0 Å². The van der Waals surface area contributed by atoms with E-state index in [1.165, 1.54) is 92.3 Å². The molecule has 0 aliphatic heterocycles. The third-order valence-corrected chi connectivity index (χ3v) is 12.9. The van der Waals surface area contributed by atoms with Crippen LogP contribution >= 0.6 is 11.3 Å². The molecule has 0 spiro atoms. The summed E-state index contributed by atoms with van der Waals surface area (Å²) in [5, 5.41) is 5.09. The van der Waals surface area contributed by atoms with Crippen LogP contribution in [0.4, 0.5) is 17.1 Å². The van der Waals surface area contributed by atoms with Crippen LogP contribution in [0.1, 0.15) is 0 Å². The number of hydrogen-bond acceptors (Lipinski definition) is 2. The fourth-order valence-electron chi connectivity index (χ4n) is 8.69. The lowest BCUT2D eigenvalue weighted by Crippen LogP contribution is -2.09. The molecular formula is C58H39NS. The van der Waals surface area contributed by atoms with E-state index >= 15 is 0 Å². The molecule has 1 heterocycles. The number of fused-ring (bicyclic) bond motifs is 5. The Morgan fingerprint density at radius 2 is 0.650 bits per heavy atom. The molecule has 11 rings (SSSR count). The molecule has 0 atom stereocenters. The SMILES string of the molecule is c1ccc(-c2ccc(N(c3ccccc3)c3cccc4c3sc3c5ccccc5c(-c5ccc(-c6cc(-c7ccccc7)cc(-c7ccccc7)c6)cc5)cc43)cc2)cc1. The summed E-state index contributed by atoms with van der Waals surface area (Å²) in [6, 6.07) is 86.0. The predicted molar refractivity (Wildman–Crippen MR) is 259 cm³/mol. The van der Waals surface area contributed by atoms with Crippen molar-refractivity contribution in [3.63, 3.8) is 0 Å². The van der Waals surface area contributed by atoms with Crippen LogP contribution in [0.15, 0.2) is 237 Å². The van der Waals surface area contributed by atoms with Crippen LogP contribution in [0, 0.1) is 0 Å². The Morgan fingerprint density at radius 1 is 0.250 bits per heavy atom. The molecule has 0 N–H and O–H groups in total. The summed E-state index contributed by atoms with van der Waals surface area (Å²) in [7, 11) is 0. The maximum absolute atomic E-state index is 2.43. The zero-order chi connectivity index (χ0) is 39.8. The van der Waals surface area contributed by atoms with E-state index in [-0.39, 0.29) is 0 Å². The summed E-state index contributed by atoms with van der Waals surface area (Å²) >= 11 is 1.90. The summed E-state index contributed by atoms with van der Waals surface area (Å²) in [5.74, 6) is 0. The molecule has 10 aromatic carbocycles. The number of benzene rings is 10. The minimum atomic E-state index is 1.13. The first-order valence-corrected chi connectivity index (χ1v) is 21.3. The molecule has 0 aliphatic rings. The summed E-state index contributed by atoms with van der Waals surface area (Å²) < 4.78 is 2.58. The average molecular weight is 782 g/mol. The van der Waals surface area contributed by atoms with Crippen molar-refractivity contribution in [3.05, 3.63) is 237 Å². The molecule has 282 valence electrons. The fourth-order valence-corrected chi connectivity index (χ4v) is 10.0. The first kappa shape index (κ1) is 35.6. The number of rotatable bonds is 8.